The number of rotatable bonds is 7. The van der Waals surface area contributed by atoms with Gasteiger partial charge < -0.3 is 0 Å². The molecule has 0 unspecified atom stereocenters. The fourth-order valence-corrected chi connectivity index (χ4v) is 5.08. The Bertz CT molecular complexity index is 1070. The van der Waals surface area contributed by atoms with Gasteiger partial charge in [-0.3, -0.25) is 4.79 Å². The quantitative estimate of drug-likeness (QED) is 0.419. The summed E-state index contributed by atoms with van der Waals surface area (Å²) in [4.78, 5) is 13.1. The van der Waals surface area contributed by atoms with Crippen LogP contribution >= 0.6 is 11.6 Å². The van der Waals surface area contributed by atoms with Gasteiger partial charge in [0.25, 0.3) is 0 Å². The Morgan fingerprint density at radius 1 is 0.828 bits per heavy atom. The maximum atomic E-state index is 13.4. The summed E-state index contributed by atoms with van der Waals surface area (Å²) in [6.07, 6.45) is -0.139. The number of carbonyl (C=O) groups excluding carboxylic acids is 1. The van der Waals surface area contributed by atoms with E-state index >= 15 is 0 Å². The first-order valence-corrected chi connectivity index (χ1v) is 11.4. The summed E-state index contributed by atoms with van der Waals surface area (Å²) in [6.45, 7) is 4.16. The minimum atomic E-state index is -3.75. The topological polar surface area (TPSA) is 51.2 Å². The largest absolute Gasteiger partial charge is 0.294 e. The van der Waals surface area contributed by atoms with Gasteiger partial charge in [0.05, 0.1) is 10.1 Å². The molecule has 0 saturated heterocycles. The molecule has 3 aromatic rings. The van der Waals surface area contributed by atoms with Crippen LogP contribution in [0.4, 0.5) is 0 Å². The first kappa shape index (κ1) is 21.3. The zero-order chi connectivity index (χ0) is 21.0. The molecule has 0 saturated carbocycles. The van der Waals surface area contributed by atoms with Crippen molar-refractivity contribution in [2.45, 2.75) is 36.3 Å². The molecule has 1 atom stereocenters. The SMILES string of the molecule is CC(C)c1ccc([C@H](CC(=O)c2ccc(Cl)cc2)S(=O)(=O)c2ccccc2)cc1. The normalized spacial score (nSPS) is 12.7. The van der Waals surface area contributed by atoms with Gasteiger partial charge in [-0.25, -0.2) is 8.42 Å². The Labute approximate surface area is 177 Å². The number of halogens is 1. The van der Waals surface area contributed by atoms with E-state index < -0.39 is 15.1 Å². The van der Waals surface area contributed by atoms with Crippen LogP contribution in [0.2, 0.25) is 5.02 Å². The number of sulfone groups is 1. The fraction of sp³-hybridized carbons (Fsp3) is 0.208. The minimum absolute atomic E-state index is 0.139. The van der Waals surface area contributed by atoms with Crippen LogP contribution in [0.5, 0.6) is 0 Å². The molecule has 0 aliphatic rings. The van der Waals surface area contributed by atoms with Crippen molar-refractivity contribution in [1.82, 2.24) is 0 Å². The standard InChI is InChI=1S/C24H23ClO3S/c1-17(2)18-8-10-20(11-9-18)24(29(27,28)22-6-4-3-5-7-22)16-23(26)19-12-14-21(25)15-13-19/h3-15,17,24H,16H2,1-2H3/t24-/m0/s1. The van der Waals surface area contributed by atoms with Crippen LogP contribution in [-0.4, -0.2) is 14.2 Å². The van der Waals surface area contributed by atoms with Crippen molar-refractivity contribution < 1.29 is 13.2 Å². The lowest BCUT2D eigenvalue weighted by Crippen LogP contribution is -2.18. The highest BCUT2D eigenvalue weighted by Gasteiger charge is 2.31. The summed E-state index contributed by atoms with van der Waals surface area (Å²) in [5.74, 6) is 0.100. The highest BCUT2D eigenvalue weighted by molar-refractivity contribution is 7.91. The van der Waals surface area contributed by atoms with Crippen LogP contribution in [0.1, 0.15) is 52.9 Å². The Hall–Kier alpha value is -2.43. The average Bonchev–Trinajstić information content (AvgIpc) is 2.73. The molecule has 0 radical (unpaired) electrons. The monoisotopic (exact) mass is 426 g/mol. The van der Waals surface area contributed by atoms with Crippen molar-refractivity contribution in [1.29, 1.82) is 0 Å². The van der Waals surface area contributed by atoms with E-state index in [-0.39, 0.29) is 17.1 Å². The van der Waals surface area contributed by atoms with Gasteiger partial charge in [-0.05, 0) is 53.4 Å². The summed E-state index contributed by atoms with van der Waals surface area (Å²) >= 11 is 5.90. The van der Waals surface area contributed by atoms with Crippen LogP contribution in [0.15, 0.2) is 83.8 Å². The Morgan fingerprint density at radius 2 is 1.38 bits per heavy atom. The molecule has 3 aromatic carbocycles. The third-order valence-electron chi connectivity index (χ3n) is 4.96. The van der Waals surface area contributed by atoms with E-state index in [1.54, 1.807) is 54.6 Å². The summed E-state index contributed by atoms with van der Waals surface area (Å²) in [6, 6.07) is 22.3. The maximum absolute atomic E-state index is 13.4. The summed E-state index contributed by atoms with van der Waals surface area (Å²) in [5, 5.41) is -0.437. The van der Waals surface area contributed by atoms with Crippen LogP contribution in [-0.2, 0) is 9.84 Å². The van der Waals surface area contributed by atoms with Crippen LogP contribution in [0.25, 0.3) is 0 Å². The molecule has 3 rings (SSSR count). The Kier molecular flexibility index (Phi) is 6.56. The van der Waals surface area contributed by atoms with Gasteiger partial charge in [0.2, 0.25) is 0 Å². The lowest BCUT2D eigenvalue weighted by molar-refractivity contribution is 0.0980. The van der Waals surface area contributed by atoms with Crippen LogP contribution < -0.4 is 0 Å². The minimum Gasteiger partial charge on any atom is -0.294 e. The van der Waals surface area contributed by atoms with Crippen molar-refractivity contribution in [3.63, 3.8) is 0 Å². The number of Topliss-reactive ketones (excluding diaryl/α,β-unsaturated/α-hetero) is 1. The van der Waals surface area contributed by atoms with E-state index in [4.69, 9.17) is 11.6 Å². The van der Waals surface area contributed by atoms with E-state index in [2.05, 4.69) is 13.8 Å². The number of carbonyl (C=O) groups is 1. The number of ketones is 1. The first-order chi connectivity index (χ1) is 13.8. The van der Waals surface area contributed by atoms with Crippen molar-refractivity contribution in [3.8, 4) is 0 Å². The molecule has 3 nitrogen and oxygen atoms in total. The zero-order valence-corrected chi connectivity index (χ0v) is 18.0. The van der Waals surface area contributed by atoms with E-state index in [0.717, 1.165) is 5.56 Å². The van der Waals surface area contributed by atoms with Gasteiger partial charge >= 0.3 is 0 Å². The average molecular weight is 427 g/mol. The number of hydrogen-bond acceptors (Lipinski definition) is 3. The number of benzene rings is 3. The van der Waals surface area contributed by atoms with Gasteiger partial charge in [0.1, 0.15) is 0 Å². The van der Waals surface area contributed by atoms with Crippen molar-refractivity contribution in [3.05, 3.63) is 101 Å². The predicted octanol–water partition coefficient (Wildman–Crippen LogP) is 6.25. The molecule has 0 aliphatic heterocycles. The van der Waals surface area contributed by atoms with E-state index in [1.807, 2.05) is 24.3 Å². The Morgan fingerprint density at radius 3 is 1.93 bits per heavy atom. The smallest absolute Gasteiger partial charge is 0.185 e. The molecular formula is C24H23ClO3S. The molecule has 0 heterocycles. The molecule has 5 heteroatoms. The highest BCUT2D eigenvalue weighted by Crippen LogP contribution is 2.34. The lowest BCUT2D eigenvalue weighted by Gasteiger charge is -2.19. The van der Waals surface area contributed by atoms with Gasteiger partial charge in [0, 0.05) is 17.0 Å². The molecule has 0 N–H and O–H groups in total. The van der Waals surface area contributed by atoms with Crippen molar-refractivity contribution in [2.24, 2.45) is 0 Å². The van der Waals surface area contributed by atoms with Crippen LogP contribution in [0, 0.1) is 0 Å². The van der Waals surface area contributed by atoms with Gasteiger partial charge in [-0.2, -0.15) is 0 Å². The molecule has 0 spiro atoms. The zero-order valence-electron chi connectivity index (χ0n) is 16.4. The molecule has 29 heavy (non-hydrogen) atoms. The summed E-state index contributed by atoms with van der Waals surface area (Å²) in [7, 11) is -3.75. The summed E-state index contributed by atoms with van der Waals surface area (Å²) in [5.41, 5.74) is 2.18. The van der Waals surface area contributed by atoms with Gasteiger partial charge in [-0.15, -0.1) is 0 Å². The van der Waals surface area contributed by atoms with Gasteiger partial charge in [-0.1, -0.05) is 67.9 Å². The molecule has 0 aliphatic carbocycles. The second-order valence-corrected chi connectivity index (χ2v) is 9.87. The maximum Gasteiger partial charge on any atom is 0.185 e. The second-order valence-electron chi connectivity index (χ2n) is 7.30. The predicted molar refractivity (Wildman–Crippen MR) is 117 cm³/mol. The molecule has 0 amide bonds. The molecule has 150 valence electrons. The van der Waals surface area contributed by atoms with Crippen molar-refractivity contribution in [2.75, 3.05) is 0 Å². The summed E-state index contributed by atoms with van der Waals surface area (Å²) < 4.78 is 26.8. The lowest BCUT2D eigenvalue weighted by atomic mass is 9.98. The van der Waals surface area contributed by atoms with E-state index in [1.165, 1.54) is 0 Å². The first-order valence-electron chi connectivity index (χ1n) is 9.46. The van der Waals surface area contributed by atoms with Crippen LogP contribution in [0.3, 0.4) is 0 Å². The van der Waals surface area contributed by atoms with E-state index in [9.17, 15) is 13.2 Å². The molecule has 0 aromatic heterocycles. The van der Waals surface area contributed by atoms with Crippen molar-refractivity contribution >= 4 is 27.2 Å². The van der Waals surface area contributed by atoms with Gasteiger partial charge in [0.15, 0.2) is 15.6 Å². The molecule has 0 fully saturated rings. The number of hydrogen-bond donors (Lipinski definition) is 0. The third-order valence-corrected chi connectivity index (χ3v) is 7.33. The highest BCUT2D eigenvalue weighted by atomic mass is 35.5. The second kappa shape index (κ2) is 8.93. The third kappa shape index (κ3) is 4.95. The molecule has 0 bridgehead atoms. The van der Waals surface area contributed by atoms with E-state index in [0.29, 0.717) is 22.1 Å². The molecular weight excluding hydrogens is 404 g/mol. The Balaban J connectivity index is 2.01. The fourth-order valence-electron chi connectivity index (χ4n) is 3.20.